The van der Waals surface area contributed by atoms with Gasteiger partial charge < -0.3 is 4.74 Å². The third kappa shape index (κ3) is 7.84. The molecule has 0 amide bonds. The van der Waals surface area contributed by atoms with E-state index in [1.54, 1.807) is 6.92 Å². The second kappa shape index (κ2) is 7.22. The molecule has 0 aromatic heterocycles. The average Bonchev–Trinajstić information content (AvgIpc) is 2.33. The molecule has 0 N–H and O–H groups in total. The van der Waals surface area contributed by atoms with E-state index in [1.165, 1.54) is 5.56 Å². The van der Waals surface area contributed by atoms with Gasteiger partial charge in [0.15, 0.2) is 0 Å². The van der Waals surface area contributed by atoms with E-state index in [-0.39, 0.29) is 23.5 Å². The van der Waals surface area contributed by atoms with Gasteiger partial charge in [-0.2, -0.15) is 8.42 Å². The quantitative estimate of drug-likeness (QED) is 0.699. The van der Waals surface area contributed by atoms with Crippen LogP contribution in [-0.4, -0.2) is 27.4 Å². The number of hydrogen-bond donors (Lipinski definition) is 0. The maximum Gasteiger partial charge on any atom is 0.264 e. The van der Waals surface area contributed by atoms with Gasteiger partial charge in [-0.15, -0.1) is 0 Å². The highest BCUT2D eigenvalue weighted by Gasteiger charge is 2.27. The summed E-state index contributed by atoms with van der Waals surface area (Å²) >= 11 is 0. The first kappa shape index (κ1) is 20.0. The second-order valence-electron chi connectivity index (χ2n) is 8.06. The van der Waals surface area contributed by atoms with Crippen molar-refractivity contribution in [1.82, 2.24) is 0 Å². The molecular formula is C18H30O4S. The zero-order valence-electron chi connectivity index (χ0n) is 15.3. The molecule has 0 heterocycles. The molecule has 0 aliphatic heterocycles. The van der Waals surface area contributed by atoms with Gasteiger partial charge in [0.05, 0.1) is 6.26 Å². The molecule has 132 valence electrons. The Morgan fingerprint density at radius 2 is 1.57 bits per heavy atom. The molecule has 1 aromatic carbocycles. The molecule has 1 atom stereocenters. The maximum atomic E-state index is 11.0. The summed E-state index contributed by atoms with van der Waals surface area (Å²) in [5.74, 6) is 0.713. The molecule has 0 fully saturated rings. The molecule has 1 unspecified atom stereocenters. The third-order valence-electron chi connectivity index (χ3n) is 3.46. The Balaban J connectivity index is 2.69. The van der Waals surface area contributed by atoms with Crippen LogP contribution in [0.25, 0.3) is 0 Å². The summed E-state index contributed by atoms with van der Waals surface area (Å²) in [5.41, 5.74) is 1.61. The molecule has 0 radical (unpaired) electrons. The molecule has 0 saturated heterocycles. The van der Waals surface area contributed by atoms with Gasteiger partial charge in [0.2, 0.25) is 0 Å². The van der Waals surface area contributed by atoms with Crippen LogP contribution in [0.1, 0.15) is 53.5 Å². The summed E-state index contributed by atoms with van der Waals surface area (Å²) in [6, 6.07) is 8.00. The predicted molar refractivity (Wildman–Crippen MR) is 94.4 cm³/mol. The summed E-state index contributed by atoms with van der Waals surface area (Å²) in [6.45, 7) is 13.0. The molecule has 23 heavy (non-hydrogen) atoms. The first-order chi connectivity index (χ1) is 10.3. The molecular weight excluding hydrogens is 312 g/mol. The molecule has 0 saturated carbocycles. The highest BCUT2D eigenvalue weighted by atomic mass is 32.2. The predicted octanol–water partition coefficient (Wildman–Crippen LogP) is 4.14. The summed E-state index contributed by atoms with van der Waals surface area (Å²) in [4.78, 5) is 0. The monoisotopic (exact) mass is 342 g/mol. The van der Waals surface area contributed by atoms with Crippen molar-refractivity contribution in [3.63, 3.8) is 0 Å². The van der Waals surface area contributed by atoms with E-state index in [4.69, 9.17) is 8.92 Å². The van der Waals surface area contributed by atoms with Gasteiger partial charge in [-0.3, -0.25) is 4.18 Å². The largest absolute Gasteiger partial charge is 0.488 e. The van der Waals surface area contributed by atoms with Crippen LogP contribution in [0.3, 0.4) is 0 Å². The normalized spacial score (nSPS) is 14.6. The lowest BCUT2D eigenvalue weighted by Crippen LogP contribution is -2.25. The third-order valence-corrected chi connectivity index (χ3v) is 4.03. The highest BCUT2D eigenvalue weighted by Crippen LogP contribution is 2.36. The molecule has 0 spiro atoms. The van der Waals surface area contributed by atoms with Gasteiger partial charge in [-0.1, -0.05) is 46.8 Å². The Morgan fingerprint density at radius 3 is 2.00 bits per heavy atom. The number of benzene rings is 1. The molecule has 5 heteroatoms. The summed E-state index contributed by atoms with van der Waals surface area (Å²) < 4.78 is 32.4. The molecule has 4 nitrogen and oxygen atoms in total. The van der Waals surface area contributed by atoms with Crippen LogP contribution in [-0.2, 0) is 19.7 Å². The van der Waals surface area contributed by atoms with Gasteiger partial charge in [-0.25, -0.2) is 0 Å². The van der Waals surface area contributed by atoms with Crippen LogP contribution in [0.15, 0.2) is 24.3 Å². The van der Waals surface area contributed by atoms with E-state index in [1.807, 2.05) is 12.1 Å². The standard InChI is InChI=1S/C18H30O4S/c1-14(12-21-23(7,19)20)22-16-10-8-15(9-11-16)18(5,6)13-17(2,3)4/h8-11,14H,12-13H2,1-7H3. The average molecular weight is 343 g/mol. The van der Waals surface area contributed by atoms with E-state index in [2.05, 4.69) is 46.8 Å². The van der Waals surface area contributed by atoms with Crippen LogP contribution in [0, 0.1) is 5.41 Å². The Morgan fingerprint density at radius 1 is 1.04 bits per heavy atom. The van der Waals surface area contributed by atoms with E-state index >= 15 is 0 Å². The Bertz CT molecular complexity index is 595. The minimum absolute atomic E-state index is 0.0100. The van der Waals surface area contributed by atoms with Crippen molar-refractivity contribution >= 4 is 10.1 Å². The number of hydrogen-bond acceptors (Lipinski definition) is 4. The first-order valence-corrected chi connectivity index (χ1v) is 9.72. The fraction of sp³-hybridized carbons (Fsp3) is 0.667. The minimum Gasteiger partial charge on any atom is -0.488 e. The van der Waals surface area contributed by atoms with Crippen molar-refractivity contribution in [3.05, 3.63) is 29.8 Å². The van der Waals surface area contributed by atoms with Crippen LogP contribution in [0.2, 0.25) is 0 Å². The molecule has 0 bridgehead atoms. The fourth-order valence-electron chi connectivity index (χ4n) is 2.90. The Kier molecular flexibility index (Phi) is 6.27. The smallest absolute Gasteiger partial charge is 0.264 e. The maximum absolute atomic E-state index is 11.0. The van der Waals surface area contributed by atoms with Gasteiger partial charge in [-0.05, 0) is 41.9 Å². The Hall–Kier alpha value is -1.07. The topological polar surface area (TPSA) is 52.6 Å². The van der Waals surface area contributed by atoms with Crippen LogP contribution >= 0.6 is 0 Å². The molecule has 0 aliphatic carbocycles. The van der Waals surface area contributed by atoms with Crippen molar-refractivity contribution < 1.29 is 17.3 Å². The molecule has 1 aromatic rings. The Labute approximate surface area is 141 Å². The minimum atomic E-state index is -3.43. The SMILES string of the molecule is CC(COS(C)(=O)=O)Oc1ccc(C(C)(C)CC(C)(C)C)cc1. The van der Waals surface area contributed by atoms with Gasteiger partial charge in [0, 0.05) is 0 Å². The molecule has 0 aliphatic rings. The van der Waals surface area contributed by atoms with Gasteiger partial charge >= 0.3 is 0 Å². The van der Waals surface area contributed by atoms with Crippen molar-refractivity contribution in [2.24, 2.45) is 5.41 Å². The van der Waals surface area contributed by atoms with E-state index in [0.29, 0.717) is 5.75 Å². The summed E-state index contributed by atoms with van der Waals surface area (Å²) in [7, 11) is -3.43. The zero-order chi connectivity index (χ0) is 17.9. The van der Waals surface area contributed by atoms with Crippen molar-refractivity contribution in [1.29, 1.82) is 0 Å². The summed E-state index contributed by atoms with van der Waals surface area (Å²) in [5, 5.41) is 0. The van der Waals surface area contributed by atoms with Crippen molar-refractivity contribution in [2.45, 2.75) is 59.5 Å². The van der Waals surface area contributed by atoms with E-state index < -0.39 is 10.1 Å². The van der Waals surface area contributed by atoms with Gasteiger partial charge in [0.1, 0.15) is 18.5 Å². The second-order valence-corrected chi connectivity index (χ2v) is 9.71. The van der Waals surface area contributed by atoms with E-state index in [9.17, 15) is 8.42 Å². The lowest BCUT2D eigenvalue weighted by Gasteiger charge is -2.33. The lowest BCUT2D eigenvalue weighted by molar-refractivity contribution is 0.147. The fourth-order valence-corrected chi connectivity index (χ4v) is 3.34. The van der Waals surface area contributed by atoms with Gasteiger partial charge in [0.25, 0.3) is 10.1 Å². The van der Waals surface area contributed by atoms with E-state index in [0.717, 1.165) is 12.7 Å². The summed E-state index contributed by atoms with van der Waals surface area (Å²) in [6.07, 6.45) is 1.78. The number of ether oxygens (including phenoxy) is 1. The van der Waals surface area contributed by atoms with Crippen LogP contribution < -0.4 is 4.74 Å². The highest BCUT2D eigenvalue weighted by molar-refractivity contribution is 7.85. The zero-order valence-corrected chi connectivity index (χ0v) is 16.2. The molecule has 1 rings (SSSR count). The van der Waals surface area contributed by atoms with Crippen LogP contribution in [0.4, 0.5) is 0 Å². The van der Waals surface area contributed by atoms with Crippen molar-refractivity contribution in [2.75, 3.05) is 12.9 Å². The number of rotatable bonds is 7. The van der Waals surface area contributed by atoms with Crippen LogP contribution in [0.5, 0.6) is 5.75 Å². The van der Waals surface area contributed by atoms with Crippen molar-refractivity contribution in [3.8, 4) is 5.75 Å². The lowest BCUT2D eigenvalue weighted by atomic mass is 9.72. The first-order valence-electron chi connectivity index (χ1n) is 7.90.